The van der Waals surface area contributed by atoms with Crippen LogP contribution in [0.4, 0.5) is 0 Å². The van der Waals surface area contributed by atoms with Crippen LogP contribution < -0.4 is 5.32 Å². The third-order valence-electron chi connectivity index (χ3n) is 3.69. The first-order chi connectivity index (χ1) is 11.3. The summed E-state index contributed by atoms with van der Waals surface area (Å²) in [6.07, 6.45) is 6.93. The Labute approximate surface area is 139 Å². The van der Waals surface area contributed by atoms with E-state index in [2.05, 4.69) is 66.0 Å². The number of hydrogen-bond acceptors (Lipinski definition) is 2. The molecule has 0 amide bonds. The van der Waals surface area contributed by atoms with Crippen LogP contribution >= 0.6 is 0 Å². The van der Waals surface area contributed by atoms with E-state index in [0.717, 1.165) is 6.54 Å². The van der Waals surface area contributed by atoms with E-state index in [4.69, 9.17) is 5.11 Å². The molecule has 2 heteroatoms. The van der Waals surface area contributed by atoms with Gasteiger partial charge in [-0.15, -0.1) is 0 Å². The summed E-state index contributed by atoms with van der Waals surface area (Å²) < 4.78 is 0. The summed E-state index contributed by atoms with van der Waals surface area (Å²) in [7, 11) is 0. The lowest BCUT2D eigenvalue weighted by molar-refractivity contribution is 0.302. The lowest BCUT2D eigenvalue weighted by Gasteiger charge is -2.21. The molecule has 2 rings (SSSR count). The monoisotopic (exact) mass is 307 g/mol. The zero-order valence-corrected chi connectivity index (χ0v) is 13.7. The predicted octanol–water partition coefficient (Wildman–Crippen LogP) is 4.40. The van der Waals surface area contributed by atoms with Crippen LogP contribution in [-0.2, 0) is 6.54 Å². The van der Waals surface area contributed by atoms with Gasteiger partial charge in [-0.1, -0.05) is 78.9 Å². The molecule has 0 radical (unpaired) electrons. The van der Waals surface area contributed by atoms with Gasteiger partial charge in [0.2, 0.25) is 0 Å². The highest BCUT2D eigenvalue weighted by Crippen LogP contribution is 2.24. The second kappa shape index (κ2) is 9.78. The first-order valence-electron chi connectivity index (χ1n) is 8.11. The van der Waals surface area contributed by atoms with E-state index >= 15 is 0 Å². The highest BCUT2D eigenvalue weighted by molar-refractivity contribution is 5.34. The van der Waals surface area contributed by atoms with Crippen molar-refractivity contribution in [3.63, 3.8) is 0 Å². The topological polar surface area (TPSA) is 32.3 Å². The normalized spacial score (nSPS) is 13.4. The quantitative estimate of drug-likeness (QED) is 0.708. The van der Waals surface area contributed by atoms with Gasteiger partial charge in [0.15, 0.2) is 0 Å². The van der Waals surface area contributed by atoms with E-state index in [1.165, 1.54) is 16.7 Å². The molecule has 120 valence electrons. The molecule has 2 nitrogen and oxygen atoms in total. The summed E-state index contributed by atoms with van der Waals surface area (Å²) in [6, 6.07) is 20.9. The fourth-order valence-electron chi connectivity index (χ4n) is 2.60. The van der Waals surface area contributed by atoms with Crippen LogP contribution in [0.15, 0.2) is 84.5 Å². The molecule has 0 fully saturated rings. The summed E-state index contributed by atoms with van der Waals surface area (Å²) in [6.45, 7) is 2.99. The number of benzene rings is 2. The fraction of sp³-hybridized carbons (Fsp3) is 0.238. The molecule has 0 heterocycles. The Morgan fingerprint density at radius 2 is 1.70 bits per heavy atom. The van der Waals surface area contributed by atoms with Crippen LogP contribution in [-0.4, -0.2) is 11.7 Å². The number of aliphatic hydroxyl groups excluding tert-OH is 1. The van der Waals surface area contributed by atoms with Gasteiger partial charge in [0.25, 0.3) is 0 Å². The third kappa shape index (κ3) is 5.51. The van der Waals surface area contributed by atoms with Gasteiger partial charge >= 0.3 is 0 Å². The Kier molecular flexibility index (Phi) is 7.31. The molecule has 2 aromatic rings. The van der Waals surface area contributed by atoms with Crippen molar-refractivity contribution < 1.29 is 5.11 Å². The molecule has 0 aliphatic rings. The molecule has 1 atom stereocenters. The second-order valence-corrected chi connectivity index (χ2v) is 5.43. The van der Waals surface area contributed by atoms with Gasteiger partial charge in [-0.05, 0) is 30.0 Å². The van der Waals surface area contributed by atoms with E-state index in [9.17, 15) is 0 Å². The second-order valence-electron chi connectivity index (χ2n) is 5.43. The lowest BCUT2D eigenvalue weighted by Crippen LogP contribution is -2.22. The average molecular weight is 307 g/mol. The molecular weight excluding hydrogens is 282 g/mol. The number of nitrogens with one attached hydrogen (secondary N) is 1. The van der Waals surface area contributed by atoms with Crippen LogP contribution in [0.2, 0.25) is 0 Å². The van der Waals surface area contributed by atoms with Gasteiger partial charge in [-0.3, -0.25) is 0 Å². The summed E-state index contributed by atoms with van der Waals surface area (Å²) in [5.41, 5.74) is 3.67. The molecule has 1 unspecified atom stereocenters. The van der Waals surface area contributed by atoms with Crippen molar-refractivity contribution in [1.29, 1.82) is 0 Å². The molecule has 23 heavy (non-hydrogen) atoms. The van der Waals surface area contributed by atoms with Crippen molar-refractivity contribution >= 4 is 0 Å². The minimum atomic E-state index is 0.110. The lowest BCUT2D eigenvalue weighted by atomic mass is 9.96. The Morgan fingerprint density at radius 1 is 1.04 bits per heavy atom. The SMILES string of the molecule is C/C=C\C(=C/CCO)C(NCc1ccccc1)c1ccccc1. The van der Waals surface area contributed by atoms with Crippen LogP contribution in [0.3, 0.4) is 0 Å². The summed E-state index contributed by atoms with van der Waals surface area (Å²) in [4.78, 5) is 0. The van der Waals surface area contributed by atoms with Gasteiger partial charge in [-0.25, -0.2) is 0 Å². The van der Waals surface area contributed by atoms with Crippen molar-refractivity contribution in [1.82, 2.24) is 5.32 Å². The molecule has 0 saturated heterocycles. The molecule has 0 bridgehead atoms. The van der Waals surface area contributed by atoms with E-state index in [0.29, 0.717) is 6.42 Å². The van der Waals surface area contributed by atoms with Gasteiger partial charge in [0.05, 0.1) is 6.04 Å². The van der Waals surface area contributed by atoms with E-state index < -0.39 is 0 Å². The summed E-state index contributed by atoms with van der Waals surface area (Å²) >= 11 is 0. The smallest absolute Gasteiger partial charge is 0.0576 e. The predicted molar refractivity (Wildman–Crippen MR) is 97.1 cm³/mol. The minimum Gasteiger partial charge on any atom is -0.396 e. The maximum absolute atomic E-state index is 9.15. The maximum Gasteiger partial charge on any atom is 0.0576 e. The molecule has 2 N–H and O–H groups in total. The number of aliphatic hydroxyl groups is 1. The van der Waals surface area contributed by atoms with Crippen molar-refractivity contribution in [3.05, 3.63) is 95.6 Å². The first kappa shape index (κ1) is 17.2. The van der Waals surface area contributed by atoms with Crippen molar-refractivity contribution in [2.75, 3.05) is 6.61 Å². The minimum absolute atomic E-state index is 0.110. The van der Waals surface area contributed by atoms with Crippen LogP contribution in [0.5, 0.6) is 0 Å². The van der Waals surface area contributed by atoms with Crippen molar-refractivity contribution in [2.45, 2.75) is 25.9 Å². The third-order valence-corrected chi connectivity index (χ3v) is 3.69. The molecule has 0 aliphatic carbocycles. The largest absolute Gasteiger partial charge is 0.396 e. The van der Waals surface area contributed by atoms with Gasteiger partial charge in [0, 0.05) is 13.2 Å². The van der Waals surface area contributed by atoms with Crippen LogP contribution in [0.1, 0.15) is 30.5 Å². The fourth-order valence-corrected chi connectivity index (χ4v) is 2.60. The first-order valence-corrected chi connectivity index (χ1v) is 8.11. The molecular formula is C21H25NO. The Balaban J connectivity index is 2.23. The summed E-state index contributed by atoms with van der Waals surface area (Å²) in [5, 5.41) is 12.8. The molecule has 0 aliphatic heterocycles. The van der Waals surface area contributed by atoms with Crippen molar-refractivity contribution in [2.24, 2.45) is 0 Å². The Bertz CT molecular complexity index is 617. The van der Waals surface area contributed by atoms with E-state index in [1.54, 1.807) is 0 Å². The zero-order chi connectivity index (χ0) is 16.3. The highest BCUT2D eigenvalue weighted by Gasteiger charge is 2.14. The number of rotatable bonds is 8. The van der Waals surface area contributed by atoms with Gasteiger partial charge in [0.1, 0.15) is 0 Å². The van der Waals surface area contributed by atoms with E-state index in [1.807, 2.05) is 25.1 Å². The standard InChI is InChI=1S/C21H25NO/c1-2-10-19(15-9-16-23)21(20-13-7-4-8-14-20)22-17-18-11-5-3-6-12-18/h2-8,10-15,21-23H,9,16-17H2,1H3/b10-2-,19-15+. The average Bonchev–Trinajstić information content (AvgIpc) is 2.61. The highest BCUT2D eigenvalue weighted by atomic mass is 16.2. The maximum atomic E-state index is 9.15. The summed E-state index contributed by atoms with van der Waals surface area (Å²) in [5.74, 6) is 0. The molecule has 2 aromatic carbocycles. The van der Waals surface area contributed by atoms with Gasteiger partial charge in [-0.2, -0.15) is 0 Å². The molecule has 0 spiro atoms. The van der Waals surface area contributed by atoms with Crippen LogP contribution in [0.25, 0.3) is 0 Å². The zero-order valence-electron chi connectivity index (χ0n) is 13.7. The Hall–Kier alpha value is -2.16. The van der Waals surface area contributed by atoms with Crippen LogP contribution in [0, 0.1) is 0 Å². The van der Waals surface area contributed by atoms with Gasteiger partial charge < -0.3 is 10.4 Å². The molecule has 0 aromatic heterocycles. The van der Waals surface area contributed by atoms with E-state index in [-0.39, 0.29) is 12.6 Å². The van der Waals surface area contributed by atoms with Crippen molar-refractivity contribution in [3.8, 4) is 0 Å². The Morgan fingerprint density at radius 3 is 2.30 bits per heavy atom. The molecule has 0 saturated carbocycles. The number of hydrogen-bond donors (Lipinski definition) is 2. The number of allylic oxidation sites excluding steroid dienone is 1.